The SMILES string of the molecule is Cc1ccc(C(=O)C2CCN(CCn3c(=S)[nH]c4ccccc4c3=O)CC2)cc1. The fourth-order valence-corrected chi connectivity index (χ4v) is 4.30. The molecule has 1 aromatic heterocycles. The van der Waals surface area contributed by atoms with E-state index >= 15 is 0 Å². The minimum Gasteiger partial charge on any atom is -0.332 e. The van der Waals surface area contributed by atoms with Crippen molar-refractivity contribution in [2.24, 2.45) is 5.92 Å². The highest BCUT2D eigenvalue weighted by Gasteiger charge is 2.25. The number of fused-ring (bicyclic) bond motifs is 1. The Morgan fingerprint density at radius 1 is 1.07 bits per heavy atom. The number of ketones is 1. The number of H-pyrrole nitrogens is 1. The molecule has 1 aliphatic rings. The first kappa shape index (κ1) is 19.7. The number of aromatic nitrogens is 2. The van der Waals surface area contributed by atoms with E-state index in [9.17, 15) is 9.59 Å². The maximum atomic E-state index is 12.8. The molecule has 3 aromatic rings. The number of nitrogens with zero attached hydrogens (tertiary/aromatic N) is 2. The maximum Gasteiger partial charge on any atom is 0.262 e. The molecule has 0 spiro atoms. The molecule has 0 aliphatic carbocycles. The molecule has 1 saturated heterocycles. The van der Waals surface area contributed by atoms with E-state index in [0.717, 1.165) is 43.6 Å². The van der Waals surface area contributed by atoms with Gasteiger partial charge < -0.3 is 9.88 Å². The van der Waals surface area contributed by atoms with Gasteiger partial charge in [-0.15, -0.1) is 0 Å². The summed E-state index contributed by atoms with van der Waals surface area (Å²) in [6.07, 6.45) is 1.71. The largest absolute Gasteiger partial charge is 0.332 e. The lowest BCUT2D eigenvalue weighted by molar-refractivity contribution is 0.0837. The number of rotatable bonds is 5. The topological polar surface area (TPSA) is 58.1 Å². The molecule has 6 heteroatoms. The minimum absolute atomic E-state index is 0.0474. The summed E-state index contributed by atoms with van der Waals surface area (Å²) in [4.78, 5) is 30.9. The van der Waals surface area contributed by atoms with Crippen molar-refractivity contribution < 1.29 is 4.79 Å². The number of likely N-dealkylation sites (tertiary alicyclic amines) is 1. The molecule has 0 amide bonds. The van der Waals surface area contributed by atoms with Crippen LogP contribution < -0.4 is 5.56 Å². The summed E-state index contributed by atoms with van der Waals surface area (Å²) in [5, 5.41) is 0.656. The van der Waals surface area contributed by atoms with Crippen LogP contribution in [0.15, 0.2) is 53.3 Å². The van der Waals surface area contributed by atoms with Crippen LogP contribution >= 0.6 is 12.2 Å². The predicted molar refractivity (Wildman–Crippen MR) is 118 cm³/mol. The second-order valence-corrected chi connectivity index (χ2v) is 8.17. The van der Waals surface area contributed by atoms with Crippen molar-refractivity contribution in [3.05, 3.63) is 74.8 Å². The molecule has 0 saturated carbocycles. The van der Waals surface area contributed by atoms with E-state index < -0.39 is 0 Å². The summed E-state index contributed by atoms with van der Waals surface area (Å²) >= 11 is 5.39. The van der Waals surface area contributed by atoms with Gasteiger partial charge in [0.1, 0.15) is 0 Å². The minimum atomic E-state index is -0.0474. The first-order chi connectivity index (χ1) is 14.0. The lowest BCUT2D eigenvalue weighted by Gasteiger charge is -2.31. The van der Waals surface area contributed by atoms with Crippen LogP contribution in [0.3, 0.4) is 0 Å². The smallest absolute Gasteiger partial charge is 0.262 e. The molecule has 0 radical (unpaired) electrons. The van der Waals surface area contributed by atoms with Gasteiger partial charge in [0.25, 0.3) is 5.56 Å². The maximum absolute atomic E-state index is 12.8. The van der Waals surface area contributed by atoms with Crippen LogP contribution in [0.25, 0.3) is 10.9 Å². The average Bonchev–Trinajstić information content (AvgIpc) is 2.74. The molecular weight excluding hydrogens is 382 g/mol. The van der Waals surface area contributed by atoms with Crippen LogP contribution in [-0.2, 0) is 6.54 Å². The van der Waals surface area contributed by atoms with Gasteiger partial charge in [-0.2, -0.15) is 0 Å². The van der Waals surface area contributed by atoms with Crippen LogP contribution in [0.2, 0.25) is 0 Å². The Morgan fingerprint density at radius 3 is 2.48 bits per heavy atom. The molecular formula is C23H25N3O2S. The van der Waals surface area contributed by atoms with E-state index in [1.807, 2.05) is 55.5 Å². The molecule has 0 bridgehead atoms. The first-order valence-corrected chi connectivity index (χ1v) is 10.5. The van der Waals surface area contributed by atoms with Crippen molar-refractivity contribution in [2.45, 2.75) is 26.3 Å². The van der Waals surface area contributed by atoms with E-state index in [4.69, 9.17) is 12.2 Å². The van der Waals surface area contributed by atoms with Crippen LogP contribution in [0.1, 0.15) is 28.8 Å². The van der Waals surface area contributed by atoms with Gasteiger partial charge in [0.2, 0.25) is 0 Å². The normalized spacial score (nSPS) is 15.6. The van der Waals surface area contributed by atoms with E-state index in [1.165, 1.54) is 5.56 Å². The third-order valence-electron chi connectivity index (χ3n) is 5.82. The summed E-state index contributed by atoms with van der Waals surface area (Å²) in [6.45, 7) is 5.05. The van der Waals surface area contributed by atoms with Gasteiger partial charge in [-0.3, -0.25) is 14.2 Å². The third kappa shape index (κ3) is 4.23. The summed E-state index contributed by atoms with van der Waals surface area (Å²) in [7, 11) is 0. The Kier molecular flexibility index (Phi) is 5.74. The van der Waals surface area contributed by atoms with Gasteiger partial charge in [-0.1, -0.05) is 42.0 Å². The zero-order valence-corrected chi connectivity index (χ0v) is 17.4. The van der Waals surface area contributed by atoms with Crippen molar-refractivity contribution in [3.8, 4) is 0 Å². The quantitative estimate of drug-likeness (QED) is 0.514. The van der Waals surface area contributed by atoms with E-state index in [-0.39, 0.29) is 17.3 Å². The number of carbonyl (C=O) groups excluding carboxylic acids is 1. The van der Waals surface area contributed by atoms with Crippen molar-refractivity contribution in [1.29, 1.82) is 0 Å². The molecule has 0 atom stereocenters. The number of hydrogen-bond acceptors (Lipinski definition) is 4. The summed E-state index contributed by atoms with van der Waals surface area (Å²) < 4.78 is 2.10. The Labute approximate surface area is 175 Å². The molecule has 1 aliphatic heterocycles. The fourth-order valence-electron chi connectivity index (χ4n) is 4.02. The molecule has 1 fully saturated rings. The van der Waals surface area contributed by atoms with Gasteiger partial charge >= 0.3 is 0 Å². The molecule has 29 heavy (non-hydrogen) atoms. The first-order valence-electron chi connectivity index (χ1n) is 10.1. The van der Waals surface area contributed by atoms with Crippen molar-refractivity contribution in [1.82, 2.24) is 14.5 Å². The fraction of sp³-hybridized carbons (Fsp3) is 0.348. The molecule has 150 valence electrons. The highest BCUT2D eigenvalue weighted by atomic mass is 32.1. The summed E-state index contributed by atoms with van der Waals surface area (Å²) in [5.41, 5.74) is 2.70. The molecule has 0 unspecified atom stereocenters. The Hall–Kier alpha value is -2.57. The molecule has 5 nitrogen and oxygen atoms in total. The number of piperidine rings is 1. The Morgan fingerprint density at radius 2 is 1.76 bits per heavy atom. The number of Topliss-reactive ketones (excluding diaryl/α,β-unsaturated/α-hetero) is 1. The van der Waals surface area contributed by atoms with Gasteiger partial charge in [0.05, 0.1) is 10.9 Å². The predicted octanol–water partition coefficient (Wildman–Crippen LogP) is 3.96. The van der Waals surface area contributed by atoms with Crippen molar-refractivity contribution >= 4 is 28.9 Å². The van der Waals surface area contributed by atoms with Crippen LogP contribution in [0.4, 0.5) is 0 Å². The van der Waals surface area contributed by atoms with Crippen molar-refractivity contribution in [3.63, 3.8) is 0 Å². The summed E-state index contributed by atoms with van der Waals surface area (Å²) in [6, 6.07) is 15.3. The molecule has 2 aromatic carbocycles. The molecule has 1 N–H and O–H groups in total. The average molecular weight is 408 g/mol. The molecule has 2 heterocycles. The van der Waals surface area contributed by atoms with E-state index in [1.54, 1.807) is 4.57 Å². The van der Waals surface area contributed by atoms with Crippen LogP contribution in [-0.4, -0.2) is 39.9 Å². The number of hydrogen-bond donors (Lipinski definition) is 1. The second kappa shape index (κ2) is 8.43. The van der Waals surface area contributed by atoms with E-state index in [2.05, 4.69) is 9.88 Å². The molecule has 4 rings (SSSR count). The number of carbonyl (C=O) groups is 1. The van der Waals surface area contributed by atoms with Gasteiger partial charge in [-0.25, -0.2) is 0 Å². The van der Waals surface area contributed by atoms with Gasteiger partial charge in [-0.05, 0) is 57.2 Å². The highest BCUT2D eigenvalue weighted by molar-refractivity contribution is 7.71. The van der Waals surface area contributed by atoms with Crippen LogP contribution in [0.5, 0.6) is 0 Å². The zero-order valence-electron chi connectivity index (χ0n) is 16.6. The number of aryl methyl sites for hydroxylation is 1. The second-order valence-electron chi connectivity index (χ2n) is 7.78. The van der Waals surface area contributed by atoms with E-state index in [0.29, 0.717) is 16.7 Å². The monoisotopic (exact) mass is 407 g/mol. The summed E-state index contributed by atoms with van der Waals surface area (Å²) in [5.74, 6) is 0.332. The Bertz CT molecular complexity index is 1140. The third-order valence-corrected chi connectivity index (χ3v) is 6.15. The van der Waals surface area contributed by atoms with Crippen LogP contribution in [0, 0.1) is 17.6 Å². The Balaban J connectivity index is 1.38. The number of aromatic amines is 1. The number of benzene rings is 2. The zero-order chi connectivity index (χ0) is 20.4. The highest BCUT2D eigenvalue weighted by Crippen LogP contribution is 2.22. The standard InChI is InChI=1S/C23H25N3O2S/c1-16-6-8-17(9-7-16)21(27)18-10-12-25(13-11-18)14-15-26-22(28)19-4-2-3-5-20(19)24-23(26)29/h2-9,18H,10-15H2,1H3,(H,24,29). The number of nitrogens with one attached hydrogen (secondary N) is 1. The van der Waals surface area contributed by atoms with Crippen molar-refractivity contribution in [2.75, 3.05) is 19.6 Å². The van der Waals surface area contributed by atoms with Gasteiger partial charge in [0, 0.05) is 24.6 Å². The lowest BCUT2D eigenvalue weighted by Crippen LogP contribution is -2.39. The number of para-hydroxylation sites is 1. The van der Waals surface area contributed by atoms with Gasteiger partial charge in [0.15, 0.2) is 10.6 Å². The lowest BCUT2D eigenvalue weighted by atomic mass is 9.88.